The molecule has 1 aliphatic heterocycles. The molecule has 0 saturated carbocycles. The Morgan fingerprint density at radius 1 is 0.889 bits per heavy atom. The van der Waals surface area contributed by atoms with Gasteiger partial charge in [0.15, 0.2) is 0 Å². The van der Waals surface area contributed by atoms with Crippen LogP contribution in [0, 0.1) is 0 Å². The summed E-state index contributed by atoms with van der Waals surface area (Å²) in [5, 5.41) is 0.223. The molecule has 2 aliphatic rings. The number of hydrogen-bond acceptors (Lipinski definition) is 2. The van der Waals surface area contributed by atoms with E-state index in [1.165, 1.54) is 27.3 Å². The number of nitrogens with zero attached hydrogens (tertiary/aromatic N) is 1. The van der Waals surface area contributed by atoms with Crippen LogP contribution in [0.15, 0.2) is 64.5 Å². The minimum atomic E-state index is 0.223. The van der Waals surface area contributed by atoms with E-state index in [-0.39, 0.29) is 5.37 Å². The summed E-state index contributed by atoms with van der Waals surface area (Å²) in [7, 11) is 0. The third-order valence-electron chi connectivity index (χ3n) is 3.31. The van der Waals surface area contributed by atoms with Crippen molar-refractivity contribution in [1.82, 2.24) is 0 Å². The van der Waals surface area contributed by atoms with E-state index in [4.69, 9.17) is 4.99 Å². The van der Waals surface area contributed by atoms with Gasteiger partial charge < -0.3 is 0 Å². The predicted molar refractivity (Wildman–Crippen MR) is 77.7 cm³/mol. The lowest BCUT2D eigenvalue weighted by molar-refractivity contribution is 1.05. The molecule has 0 spiro atoms. The number of aliphatic imine (C=N–C) groups is 1. The second-order valence-corrected chi connectivity index (χ2v) is 5.58. The van der Waals surface area contributed by atoms with E-state index in [1.54, 1.807) is 0 Å². The van der Waals surface area contributed by atoms with E-state index in [0.29, 0.717) is 0 Å². The molecule has 0 fully saturated rings. The van der Waals surface area contributed by atoms with E-state index in [1.807, 2.05) is 17.8 Å². The molecule has 0 amide bonds. The molecule has 2 aromatic rings. The van der Waals surface area contributed by atoms with Gasteiger partial charge >= 0.3 is 0 Å². The minimum absolute atomic E-state index is 0.223. The second-order valence-electron chi connectivity index (χ2n) is 4.45. The van der Waals surface area contributed by atoms with Gasteiger partial charge in [0.05, 0.1) is 5.71 Å². The van der Waals surface area contributed by atoms with Crippen LogP contribution in [-0.4, -0.2) is 5.71 Å². The molecule has 1 heterocycles. The van der Waals surface area contributed by atoms with Crippen molar-refractivity contribution in [2.75, 3.05) is 0 Å². The molecule has 1 atom stereocenters. The summed E-state index contributed by atoms with van der Waals surface area (Å²) < 4.78 is 0. The topological polar surface area (TPSA) is 12.4 Å². The highest BCUT2D eigenvalue weighted by atomic mass is 32.2. The van der Waals surface area contributed by atoms with Gasteiger partial charge in [0.25, 0.3) is 0 Å². The molecular formula is C16H11NS. The average molecular weight is 249 g/mol. The zero-order valence-corrected chi connectivity index (χ0v) is 10.5. The summed E-state index contributed by atoms with van der Waals surface area (Å²) in [4.78, 5) is 6.18. The molecule has 0 radical (unpaired) electrons. The van der Waals surface area contributed by atoms with E-state index < -0.39 is 0 Å². The van der Waals surface area contributed by atoms with Gasteiger partial charge in [0, 0.05) is 10.5 Å². The SMILES string of the molecule is C1=C2SC(c3ccccc3)N=C2c2ccccc21. The summed E-state index contributed by atoms with van der Waals surface area (Å²) in [6.45, 7) is 0. The number of allylic oxidation sites excluding steroid dienone is 1. The lowest BCUT2D eigenvalue weighted by Gasteiger charge is -2.05. The molecule has 1 aliphatic carbocycles. The Kier molecular flexibility index (Phi) is 2.17. The molecule has 0 saturated heterocycles. The Bertz CT molecular complexity index is 671. The molecular weight excluding hydrogens is 238 g/mol. The first-order valence-corrected chi connectivity index (χ1v) is 6.91. The van der Waals surface area contributed by atoms with Crippen molar-refractivity contribution < 1.29 is 0 Å². The average Bonchev–Trinajstić information content (AvgIpc) is 2.97. The van der Waals surface area contributed by atoms with Gasteiger partial charge in [-0.2, -0.15) is 0 Å². The standard InChI is InChI=1S/C16H11NS/c1-2-6-11(7-3-1)16-17-15-13-9-5-4-8-12(13)10-14(15)18-16/h1-10,16H. The smallest absolute Gasteiger partial charge is 0.126 e. The van der Waals surface area contributed by atoms with Crippen molar-refractivity contribution in [2.45, 2.75) is 5.37 Å². The maximum Gasteiger partial charge on any atom is 0.126 e. The molecule has 18 heavy (non-hydrogen) atoms. The van der Waals surface area contributed by atoms with Crippen LogP contribution in [0.4, 0.5) is 0 Å². The van der Waals surface area contributed by atoms with Gasteiger partial charge in [-0.05, 0) is 17.2 Å². The third kappa shape index (κ3) is 1.46. The number of benzene rings is 2. The third-order valence-corrected chi connectivity index (χ3v) is 4.47. The first-order valence-electron chi connectivity index (χ1n) is 6.03. The van der Waals surface area contributed by atoms with Crippen LogP contribution in [0.5, 0.6) is 0 Å². The number of rotatable bonds is 1. The first kappa shape index (κ1) is 10.2. The van der Waals surface area contributed by atoms with Crippen molar-refractivity contribution >= 4 is 23.5 Å². The Balaban J connectivity index is 1.77. The van der Waals surface area contributed by atoms with Gasteiger partial charge in [-0.1, -0.05) is 66.4 Å². The largest absolute Gasteiger partial charge is 0.264 e. The Morgan fingerprint density at radius 3 is 2.56 bits per heavy atom. The molecule has 2 heteroatoms. The maximum atomic E-state index is 4.87. The normalized spacial score (nSPS) is 20.1. The zero-order chi connectivity index (χ0) is 11.9. The van der Waals surface area contributed by atoms with E-state index in [0.717, 1.165) is 0 Å². The molecule has 0 bridgehead atoms. The van der Waals surface area contributed by atoms with Crippen LogP contribution < -0.4 is 0 Å². The highest BCUT2D eigenvalue weighted by molar-refractivity contribution is 8.04. The van der Waals surface area contributed by atoms with E-state index >= 15 is 0 Å². The van der Waals surface area contributed by atoms with Crippen LogP contribution in [0.2, 0.25) is 0 Å². The van der Waals surface area contributed by atoms with Gasteiger partial charge in [-0.3, -0.25) is 4.99 Å². The lowest BCUT2D eigenvalue weighted by Crippen LogP contribution is -1.94. The summed E-state index contributed by atoms with van der Waals surface area (Å²) in [5.74, 6) is 0. The van der Waals surface area contributed by atoms with Gasteiger partial charge in [-0.25, -0.2) is 0 Å². The quantitative estimate of drug-likeness (QED) is 0.735. The van der Waals surface area contributed by atoms with Crippen molar-refractivity contribution in [3.63, 3.8) is 0 Å². The van der Waals surface area contributed by atoms with Crippen molar-refractivity contribution in [1.29, 1.82) is 0 Å². The highest BCUT2D eigenvalue weighted by Gasteiger charge is 2.30. The summed E-state index contributed by atoms with van der Waals surface area (Å²) in [5.41, 5.74) is 5.02. The van der Waals surface area contributed by atoms with Crippen molar-refractivity contribution in [3.05, 3.63) is 76.2 Å². The molecule has 1 unspecified atom stereocenters. The number of fused-ring (bicyclic) bond motifs is 3. The Labute approximate surface area is 110 Å². The molecule has 86 valence electrons. The molecule has 4 rings (SSSR count). The predicted octanol–water partition coefficient (Wildman–Crippen LogP) is 4.28. The fourth-order valence-corrected chi connectivity index (χ4v) is 3.59. The van der Waals surface area contributed by atoms with Crippen LogP contribution in [0.3, 0.4) is 0 Å². The molecule has 2 aromatic carbocycles. The summed E-state index contributed by atoms with van der Waals surface area (Å²) >= 11 is 1.85. The maximum absolute atomic E-state index is 4.87. The van der Waals surface area contributed by atoms with Crippen LogP contribution in [0.25, 0.3) is 6.08 Å². The summed E-state index contributed by atoms with van der Waals surface area (Å²) in [6.07, 6.45) is 2.25. The fraction of sp³-hybridized carbons (Fsp3) is 0.0625. The summed E-state index contributed by atoms with van der Waals surface area (Å²) in [6, 6.07) is 19.0. The van der Waals surface area contributed by atoms with Crippen molar-refractivity contribution in [2.24, 2.45) is 4.99 Å². The fourth-order valence-electron chi connectivity index (χ4n) is 2.43. The van der Waals surface area contributed by atoms with Crippen molar-refractivity contribution in [3.8, 4) is 0 Å². The molecule has 1 nitrogen and oxygen atoms in total. The van der Waals surface area contributed by atoms with Gasteiger partial charge in [0.1, 0.15) is 5.37 Å². The number of hydrogen-bond donors (Lipinski definition) is 0. The Morgan fingerprint density at radius 2 is 1.67 bits per heavy atom. The highest BCUT2D eigenvalue weighted by Crippen LogP contribution is 2.47. The monoisotopic (exact) mass is 249 g/mol. The number of thioether (sulfide) groups is 1. The molecule has 0 N–H and O–H groups in total. The van der Waals surface area contributed by atoms with E-state index in [2.05, 4.69) is 54.6 Å². The van der Waals surface area contributed by atoms with E-state index in [9.17, 15) is 0 Å². The van der Waals surface area contributed by atoms with Crippen LogP contribution in [0.1, 0.15) is 22.1 Å². The van der Waals surface area contributed by atoms with Crippen LogP contribution >= 0.6 is 11.8 Å². The Hall–Kier alpha value is -1.80. The van der Waals surface area contributed by atoms with Crippen LogP contribution in [-0.2, 0) is 0 Å². The zero-order valence-electron chi connectivity index (χ0n) is 9.71. The lowest BCUT2D eigenvalue weighted by atomic mass is 10.1. The minimum Gasteiger partial charge on any atom is -0.264 e. The van der Waals surface area contributed by atoms with Gasteiger partial charge in [0.2, 0.25) is 0 Å². The molecule has 0 aromatic heterocycles. The first-order chi connectivity index (χ1) is 8.92. The van der Waals surface area contributed by atoms with Gasteiger partial charge in [-0.15, -0.1) is 0 Å². The second kappa shape index (κ2) is 3.85.